The topological polar surface area (TPSA) is 57.6 Å². The molecule has 1 saturated heterocycles. The van der Waals surface area contributed by atoms with Gasteiger partial charge < -0.3 is 10.0 Å². The van der Waals surface area contributed by atoms with Crippen molar-refractivity contribution >= 4 is 11.9 Å². The second-order valence-electron chi connectivity index (χ2n) is 8.11. The zero-order valence-corrected chi connectivity index (χ0v) is 15.7. The number of carbonyl (C=O) groups excluding carboxylic acids is 1. The van der Waals surface area contributed by atoms with E-state index in [-0.39, 0.29) is 29.7 Å². The van der Waals surface area contributed by atoms with Gasteiger partial charge in [-0.3, -0.25) is 9.59 Å². The first-order valence-corrected chi connectivity index (χ1v) is 9.65. The number of fused-ring (bicyclic) bond motifs is 2. The fourth-order valence-electron chi connectivity index (χ4n) is 5.23. The van der Waals surface area contributed by atoms with Crippen LogP contribution >= 0.6 is 0 Å². The molecule has 0 radical (unpaired) electrons. The Morgan fingerprint density at radius 3 is 2.37 bits per heavy atom. The van der Waals surface area contributed by atoms with Crippen LogP contribution in [0.15, 0.2) is 54.6 Å². The van der Waals surface area contributed by atoms with Crippen molar-refractivity contribution in [3.8, 4) is 0 Å². The largest absolute Gasteiger partial charge is 0.481 e. The molecule has 0 unspecified atom stereocenters. The number of benzene rings is 2. The Hall–Kier alpha value is -2.62. The van der Waals surface area contributed by atoms with Gasteiger partial charge in [-0.25, -0.2) is 0 Å². The van der Waals surface area contributed by atoms with Gasteiger partial charge in [-0.15, -0.1) is 0 Å². The Morgan fingerprint density at radius 1 is 1.04 bits per heavy atom. The van der Waals surface area contributed by atoms with Crippen molar-refractivity contribution in [2.75, 3.05) is 6.54 Å². The number of aliphatic carboxylic acids is 1. The Kier molecular flexibility index (Phi) is 4.50. The monoisotopic (exact) mass is 363 g/mol. The number of carboxylic acid groups (broad SMARTS) is 1. The van der Waals surface area contributed by atoms with E-state index in [0.717, 1.165) is 17.5 Å². The van der Waals surface area contributed by atoms with E-state index in [0.29, 0.717) is 12.1 Å². The number of rotatable bonds is 3. The average Bonchev–Trinajstić information content (AvgIpc) is 3.04. The van der Waals surface area contributed by atoms with Crippen LogP contribution in [0.25, 0.3) is 0 Å². The number of carboxylic acids is 1. The predicted molar refractivity (Wildman–Crippen MR) is 104 cm³/mol. The van der Waals surface area contributed by atoms with Crippen LogP contribution in [0.4, 0.5) is 0 Å². The van der Waals surface area contributed by atoms with Crippen LogP contribution in [0.1, 0.15) is 41.3 Å². The van der Waals surface area contributed by atoms with Crippen LogP contribution in [0, 0.1) is 17.8 Å². The normalized spacial score (nSPS) is 26.6. The molecule has 2 aliphatic rings. The molecule has 4 atom stereocenters. The van der Waals surface area contributed by atoms with Crippen molar-refractivity contribution in [1.29, 1.82) is 0 Å². The lowest BCUT2D eigenvalue weighted by atomic mass is 9.66. The van der Waals surface area contributed by atoms with E-state index in [1.54, 1.807) is 0 Å². The molecular weight excluding hydrogens is 338 g/mol. The molecule has 27 heavy (non-hydrogen) atoms. The van der Waals surface area contributed by atoms with Crippen molar-refractivity contribution in [1.82, 2.24) is 4.90 Å². The van der Waals surface area contributed by atoms with Gasteiger partial charge in [0.2, 0.25) is 0 Å². The highest BCUT2D eigenvalue weighted by molar-refractivity contribution is 5.94. The summed E-state index contributed by atoms with van der Waals surface area (Å²) in [5.41, 5.74) is 2.71. The average molecular weight is 363 g/mol. The van der Waals surface area contributed by atoms with Gasteiger partial charge in [-0.2, -0.15) is 0 Å². The van der Waals surface area contributed by atoms with Crippen LogP contribution in [-0.2, 0) is 11.2 Å². The summed E-state index contributed by atoms with van der Waals surface area (Å²) in [4.78, 5) is 27.4. The maximum Gasteiger partial charge on any atom is 0.311 e. The highest BCUT2D eigenvalue weighted by atomic mass is 16.4. The Balaban J connectivity index is 1.76. The molecule has 140 valence electrons. The minimum absolute atomic E-state index is 0.0110. The molecule has 1 aliphatic heterocycles. The summed E-state index contributed by atoms with van der Waals surface area (Å²) in [6.45, 7) is 4.81. The zero-order valence-electron chi connectivity index (χ0n) is 15.7. The first-order valence-electron chi connectivity index (χ1n) is 9.65. The summed E-state index contributed by atoms with van der Waals surface area (Å²) < 4.78 is 0. The molecule has 0 saturated carbocycles. The van der Waals surface area contributed by atoms with Gasteiger partial charge in [-0.1, -0.05) is 56.3 Å². The molecule has 0 bridgehead atoms. The van der Waals surface area contributed by atoms with Gasteiger partial charge in [0.1, 0.15) is 0 Å². The molecule has 1 amide bonds. The second-order valence-corrected chi connectivity index (χ2v) is 8.11. The van der Waals surface area contributed by atoms with E-state index in [1.807, 2.05) is 59.5 Å². The first-order chi connectivity index (χ1) is 13.0. The SMILES string of the molecule is CC(C)[C@H]1[C@H]2[C@@H](Cc3ccccc3[C@@H]2C(=O)O)CN1C(=O)c1ccccc1. The fourth-order valence-corrected chi connectivity index (χ4v) is 5.23. The van der Waals surface area contributed by atoms with E-state index >= 15 is 0 Å². The molecule has 4 rings (SSSR count). The molecule has 1 heterocycles. The molecule has 1 fully saturated rings. The standard InChI is InChI=1S/C23H25NO3/c1-14(2)21-19-17(13-24(21)22(25)15-8-4-3-5-9-15)12-16-10-6-7-11-18(16)20(19)23(26)27/h3-11,14,17,19-21H,12-13H2,1-2H3,(H,26,27)/t17-,19-,20-,21-/m0/s1. The minimum Gasteiger partial charge on any atom is -0.481 e. The summed E-state index contributed by atoms with van der Waals surface area (Å²) in [5.74, 6) is -1.000. The number of nitrogens with zero attached hydrogens (tertiary/aromatic N) is 1. The van der Waals surface area contributed by atoms with Gasteiger partial charge in [0.05, 0.1) is 5.92 Å². The van der Waals surface area contributed by atoms with Gasteiger partial charge in [0.15, 0.2) is 0 Å². The van der Waals surface area contributed by atoms with Crippen LogP contribution < -0.4 is 0 Å². The van der Waals surface area contributed by atoms with Crippen LogP contribution in [0.2, 0.25) is 0 Å². The predicted octanol–water partition coefficient (Wildman–Crippen LogP) is 3.82. The lowest BCUT2D eigenvalue weighted by molar-refractivity contribution is -0.141. The molecule has 0 aromatic heterocycles. The van der Waals surface area contributed by atoms with E-state index in [2.05, 4.69) is 13.8 Å². The van der Waals surface area contributed by atoms with Crippen LogP contribution in [-0.4, -0.2) is 34.5 Å². The summed E-state index contributed by atoms with van der Waals surface area (Å²) >= 11 is 0. The summed E-state index contributed by atoms with van der Waals surface area (Å²) in [7, 11) is 0. The number of amides is 1. The molecular formula is C23H25NO3. The number of carbonyl (C=O) groups is 2. The highest BCUT2D eigenvalue weighted by Gasteiger charge is 2.53. The molecule has 4 heteroatoms. The van der Waals surface area contributed by atoms with Crippen LogP contribution in [0.5, 0.6) is 0 Å². The van der Waals surface area contributed by atoms with Crippen molar-refractivity contribution < 1.29 is 14.7 Å². The van der Waals surface area contributed by atoms with Crippen molar-refractivity contribution in [3.05, 3.63) is 71.3 Å². The fraction of sp³-hybridized carbons (Fsp3) is 0.391. The summed E-state index contributed by atoms with van der Waals surface area (Å²) in [5, 5.41) is 10.1. The third-order valence-corrected chi connectivity index (χ3v) is 6.22. The van der Waals surface area contributed by atoms with Gasteiger partial charge in [-0.05, 0) is 41.5 Å². The molecule has 1 N–H and O–H groups in total. The van der Waals surface area contributed by atoms with Crippen molar-refractivity contribution in [2.24, 2.45) is 17.8 Å². The second kappa shape index (κ2) is 6.84. The minimum atomic E-state index is -0.781. The van der Waals surface area contributed by atoms with Gasteiger partial charge in [0.25, 0.3) is 5.91 Å². The van der Waals surface area contributed by atoms with Crippen molar-refractivity contribution in [2.45, 2.75) is 32.2 Å². The molecule has 4 nitrogen and oxygen atoms in total. The smallest absolute Gasteiger partial charge is 0.311 e. The molecule has 2 aromatic rings. The number of hydrogen-bond donors (Lipinski definition) is 1. The van der Waals surface area contributed by atoms with Gasteiger partial charge in [0, 0.05) is 24.1 Å². The Bertz CT molecular complexity index is 861. The van der Waals surface area contributed by atoms with E-state index < -0.39 is 11.9 Å². The quantitative estimate of drug-likeness (QED) is 0.902. The van der Waals surface area contributed by atoms with E-state index in [4.69, 9.17) is 0 Å². The lowest BCUT2D eigenvalue weighted by Gasteiger charge is -2.38. The summed E-state index contributed by atoms with van der Waals surface area (Å²) in [6.07, 6.45) is 0.840. The molecule has 1 aliphatic carbocycles. The molecule has 0 spiro atoms. The lowest BCUT2D eigenvalue weighted by Crippen LogP contribution is -2.44. The number of likely N-dealkylation sites (tertiary alicyclic amines) is 1. The molecule has 2 aromatic carbocycles. The third-order valence-electron chi connectivity index (χ3n) is 6.22. The Labute approximate surface area is 159 Å². The third kappa shape index (κ3) is 2.93. The van der Waals surface area contributed by atoms with Gasteiger partial charge >= 0.3 is 5.97 Å². The van der Waals surface area contributed by atoms with E-state index in [1.165, 1.54) is 0 Å². The first kappa shape index (κ1) is 17.8. The van der Waals surface area contributed by atoms with Crippen LogP contribution in [0.3, 0.4) is 0 Å². The maximum absolute atomic E-state index is 13.2. The summed E-state index contributed by atoms with van der Waals surface area (Å²) in [6, 6.07) is 17.1. The maximum atomic E-state index is 13.2. The highest BCUT2D eigenvalue weighted by Crippen LogP contribution is 2.49. The Morgan fingerprint density at radius 2 is 1.70 bits per heavy atom. The van der Waals surface area contributed by atoms with E-state index in [9.17, 15) is 14.7 Å². The van der Waals surface area contributed by atoms with Crippen molar-refractivity contribution in [3.63, 3.8) is 0 Å². The zero-order chi connectivity index (χ0) is 19.1. The number of hydrogen-bond acceptors (Lipinski definition) is 2.